The van der Waals surface area contributed by atoms with Crippen molar-refractivity contribution in [1.82, 2.24) is 7.76 Å². The molecular formula is C9H7IN2O. The number of Topliss-reactive ketones (excluding diaryl/α,β-unsaturated/α-hetero) is 1. The van der Waals surface area contributed by atoms with Crippen molar-refractivity contribution < 1.29 is 4.79 Å². The zero-order valence-electron chi connectivity index (χ0n) is 6.99. The molecule has 0 atom stereocenters. The van der Waals surface area contributed by atoms with Crippen molar-refractivity contribution in [3.8, 4) is 0 Å². The number of halogens is 1. The lowest BCUT2D eigenvalue weighted by molar-refractivity contribution is 0.101. The molecule has 1 aromatic carbocycles. The van der Waals surface area contributed by atoms with Gasteiger partial charge in [-0.2, -0.15) is 0 Å². The summed E-state index contributed by atoms with van der Waals surface area (Å²) in [5.74, 6) is 0.0562. The van der Waals surface area contributed by atoms with Crippen LogP contribution >= 0.6 is 22.9 Å². The molecule has 2 aromatic rings. The molecule has 0 N–H and O–H groups in total. The first-order valence-electron chi connectivity index (χ1n) is 3.83. The lowest BCUT2D eigenvalue weighted by atomic mass is 10.1. The van der Waals surface area contributed by atoms with E-state index in [1.165, 1.54) is 0 Å². The Morgan fingerprint density at radius 3 is 3.00 bits per heavy atom. The van der Waals surface area contributed by atoms with Crippen LogP contribution in [0.4, 0.5) is 0 Å². The highest BCUT2D eigenvalue weighted by atomic mass is 127. The Morgan fingerprint density at radius 1 is 1.54 bits per heavy atom. The predicted octanol–water partition coefficient (Wildman–Crippen LogP) is 2.44. The number of para-hydroxylation sites is 1. The van der Waals surface area contributed by atoms with Crippen LogP contribution in [0.1, 0.15) is 17.3 Å². The average molecular weight is 286 g/mol. The summed E-state index contributed by atoms with van der Waals surface area (Å²) in [5.41, 5.74) is 2.45. The zero-order valence-corrected chi connectivity index (χ0v) is 9.15. The number of hydrogen-bond donors (Lipinski definition) is 0. The Labute approximate surface area is 89.3 Å². The van der Waals surface area contributed by atoms with Crippen LogP contribution in [0.15, 0.2) is 24.5 Å². The second-order valence-corrected chi connectivity index (χ2v) is 3.82. The molecule has 0 aliphatic rings. The van der Waals surface area contributed by atoms with Crippen molar-refractivity contribution in [2.24, 2.45) is 0 Å². The van der Waals surface area contributed by atoms with Crippen molar-refractivity contribution >= 4 is 39.7 Å². The Balaban J connectivity index is 2.84. The number of benzene rings is 1. The molecule has 0 aliphatic carbocycles. The third-order valence-corrected chi connectivity index (χ3v) is 2.68. The van der Waals surface area contributed by atoms with Gasteiger partial charge in [-0.15, -0.1) is 0 Å². The van der Waals surface area contributed by atoms with Gasteiger partial charge in [0, 0.05) is 5.56 Å². The minimum atomic E-state index is 0.0562. The fraction of sp³-hybridized carbons (Fsp3) is 0.111. The van der Waals surface area contributed by atoms with Crippen LogP contribution in [-0.4, -0.2) is 13.5 Å². The van der Waals surface area contributed by atoms with E-state index in [0.717, 1.165) is 11.0 Å². The fourth-order valence-electron chi connectivity index (χ4n) is 1.29. The minimum absolute atomic E-state index is 0.0562. The second kappa shape index (κ2) is 3.10. The molecule has 0 saturated heterocycles. The largest absolute Gasteiger partial charge is 0.294 e. The Bertz CT molecular complexity index is 475. The molecule has 1 aromatic heterocycles. The molecular weight excluding hydrogens is 279 g/mol. The lowest BCUT2D eigenvalue weighted by Gasteiger charge is -1.96. The van der Waals surface area contributed by atoms with E-state index in [1.54, 1.807) is 19.3 Å². The number of imidazole rings is 1. The smallest absolute Gasteiger partial charge is 0.162 e. The number of ketones is 1. The van der Waals surface area contributed by atoms with Crippen LogP contribution in [0.5, 0.6) is 0 Å². The molecule has 13 heavy (non-hydrogen) atoms. The standard InChI is InChI=1S/C9H7IN2O/c1-6(13)7-3-2-4-8-9(7)11-5-12(8)10/h2-5H,1H3. The van der Waals surface area contributed by atoms with Gasteiger partial charge in [-0.1, -0.05) is 6.07 Å². The van der Waals surface area contributed by atoms with Crippen LogP contribution in [0.2, 0.25) is 0 Å². The highest BCUT2D eigenvalue weighted by molar-refractivity contribution is 14.1. The van der Waals surface area contributed by atoms with Crippen LogP contribution in [0.25, 0.3) is 11.0 Å². The quantitative estimate of drug-likeness (QED) is 0.596. The van der Waals surface area contributed by atoms with E-state index in [0.29, 0.717) is 5.56 Å². The van der Waals surface area contributed by atoms with Gasteiger partial charge >= 0.3 is 0 Å². The van der Waals surface area contributed by atoms with E-state index in [-0.39, 0.29) is 5.78 Å². The fourth-order valence-corrected chi connectivity index (χ4v) is 1.81. The number of carbonyl (C=O) groups excluding carboxylic acids is 1. The number of nitrogens with zero attached hydrogens (tertiary/aromatic N) is 2. The van der Waals surface area contributed by atoms with Crippen molar-refractivity contribution in [3.63, 3.8) is 0 Å². The Morgan fingerprint density at radius 2 is 2.31 bits per heavy atom. The van der Waals surface area contributed by atoms with Crippen molar-refractivity contribution in [3.05, 3.63) is 30.1 Å². The van der Waals surface area contributed by atoms with Crippen molar-refractivity contribution in [2.75, 3.05) is 0 Å². The zero-order chi connectivity index (χ0) is 9.42. The molecule has 0 unspecified atom stereocenters. The molecule has 4 heteroatoms. The molecule has 0 amide bonds. The van der Waals surface area contributed by atoms with E-state index in [2.05, 4.69) is 27.8 Å². The molecule has 3 nitrogen and oxygen atoms in total. The normalized spacial score (nSPS) is 10.6. The van der Waals surface area contributed by atoms with Crippen LogP contribution in [0, 0.1) is 0 Å². The minimum Gasteiger partial charge on any atom is -0.294 e. The summed E-state index contributed by atoms with van der Waals surface area (Å²) < 4.78 is 1.87. The van der Waals surface area contributed by atoms with Gasteiger partial charge in [0.2, 0.25) is 0 Å². The predicted molar refractivity (Wildman–Crippen MR) is 59.2 cm³/mol. The summed E-state index contributed by atoms with van der Waals surface area (Å²) in [7, 11) is 0. The van der Waals surface area contributed by atoms with Crippen LogP contribution in [-0.2, 0) is 0 Å². The monoisotopic (exact) mass is 286 g/mol. The molecule has 0 fully saturated rings. The van der Waals surface area contributed by atoms with Crippen molar-refractivity contribution in [1.29, 1.82) is 0 Å². The van der Waals surface area contributed by atoms with Gasteiger partial charge in [-0.25, -0.2) is 4.98 Å². The highest BCUT2D eigenvalue weighted by Gasteiger charge is 2.08. The maximum Gasteiger partial charge on any atom is 0.162 e. The number of rotatable bonds is 1. The molecule has 2 rings (SSSR count). The van der Waals surface area contributed by atoms with Gasteiger partial charge in [0.15, 0.2) is 5.78 Å². The summed E-state index contributed by atoms with van der Waals surface area (Å²) in [4.78, 5) is 15.4. The first-order valence-corrected chi connectivity index (χ1v) is 4.80. The van der Waals surface area contributed by atoms with Crippen molar-refractivity contribution in [2.45, 2.75) is 6.92 Å². The SMILES string of the molecule is CC(=O)c1cccc2c1ncn2I. The maximum absolute atomic E-state index is 11.2. The Hall–Kier alpha value is -0.910. The van der Waals surface area contributed by atoms with Gasteiger partial charge in [0.05, 0.1) is 33.9 Å². The lowest BCUT2D eigenvalue weighted by Crippen LogP contribution is -1.92. The summed E-state index contributed by atoms with van der Waals surface area (Å²) >= 11 is 2.14. The molecule has 0 radical (unpaired) electrons. The van der Waals surface area contributed by atoms with Crippen LogP contribution < -0.4 is 0 Å². The summed E-state index contributed by atoms with van der Waals surface area (Å²) in [6, 6.07) is 5.62. The van der Waals surface area contributed by atoms with Gasteiger partial charge in [0.1, 0.15) is 6.33 Å². The van der Waals surface area contributed by atoms with Gasteiger partial charge in [-0.3, -0.25) is 7.58 Å². The molecule has 0 saturated carbocycles. The van der Waals surface area contributed by atoms with Gasteiger partial charge < -0.3 is 0 Å². The highest BCUT2D eigenvalue weighted by Crippen LogP contribution is 2.19. The molecule has 0 aliphatic heterocycles. The maximum atomic E-state index is 11.2. The third kappa shape index (κ3) is 1.35. The van der Waals surface area contributed by atoms with E-state index < -0.39 is 0 Å². The second-order valence-electron chi connectivity index (χ2n) is 2.79. The van der Waals surface area contributed by atoms with Gasteiger partial charge in [0.25, 0.3) is 0 Å². The van der Waals surface area contributed by atoms with Gasteiger partial charge in [-0.05, 0) is 19.1 Å². The Kier molecular flexibility index (Phi) is 2.07. The molecule has 66 valence electrons. The summed E-state index contributed by atoms with van der Waals surface area (Å²) in [6.45, 7) is 1.56. The number of carbonyl (C=O) groups is 1. The number of hydrogen-bond acceptors (Lipinski definition) is 2. The van der Waals surface area contributed by atoms with Crippen LogP contribution in [0.3, 0.4) is 0 Å². The first kappa shape index (κ1) is 8.68. The molecule has 0 spiro atoms. The first-order chi connectivity index (χ1) is 6.20. The van der Waals surface area contributed by atoms with E-state index in [9.17, 15) is 4.79 Å². The summed E-state index contributed by atoms with van der Waals surface area (Å²) in [5, 5.41) is 0. The summed E-state index contributed by atoms with van der Waals surface area (Å²) in [6.07, 6.45) is 1.71. The topological polar surface area (TPSA) is 34.9 Å². The number of fused-ring (bicyclic) bond motifs is 1. The molecule has 0 bridgehead atoms. The molecule has 1 heterocycles. The number of aromatic nitrogens is 2. The van der Waals surface area contributed by atoms with E-state index >= 15 is 0 Å². The van der Waals surface area contributed by atoms with E-state index in [4.69, 9.17) is 0 Å². The third-order valence-electron chi connectivity index (χ3n) is 1.91. The van der Waals surface area contributed by atoms with E-state index in [1.807, 2.05) is 14.9 Å². The average Bonchev–Trinajstić information content (AvgIpc) is 2.48.